The largest absolute Gasteiger partial charge is 0.466 e. The van der Waals surface area contributed by atoms with Crippen LogP contribution in [0.25, 0.3) is 0 Å². The maximum atomic E-state index is 13.7. The summed E-state index contributed by atoms with van der Waals surface area (Å²) in [5.74, 6) is -0.481. The van der Waals surface area contributed by atoms with Gasteiger partial charge < -0.3 is 15.0 Å². The quantitative estimate of drug-likeness (QED) is 0.647. The third-order valence-electron chi connectivity index (χ3n) is 5.62. The second-order valence-corrected chi connectivity index (χ2v) is 8.98. The van der Waals surface area contributed by atoms with Crippen molar-refractivity contribution in [1.29, 1.82) is 0 Å². The zero-order valence-corrected chi connectivity index (χ0v) is 19.7. The Balaban J connectivity index is 1.74. The lowest BCUT2D eigenvalue weighted by Crippen LogP contribution is -2.50. The van der Waals surface area contributed by atoms with Gasteiger partial charge in [-0.05, 0) is 12.1 Å². The first-order chi connectivity index (χ1) is 15.9. The average molecular weight is 492 g/mol. The van der Waals surface area contributed by atoms with Gasteiger partial charge in [-0.2, -0.15) is 0 Å². The number of rotatable bonds is 5. The zero-order chi connectivity index (χ0) is 23.5. The highest BCUT2D eigenvalue weighted by molar-refractivity contribution is 7.11. The van der Waals surface area contributed by atoms with Gasteiger partial charge in [-0.15, -0.1) is 11.3 Å². The second kappa shape index (κ2) is 9.98. The first-order valence-corrected chi connectivity index (χ1v) is 11.6. The van der Waals surface area contributed by atoms with Gasteiger partial charge in [0, 0.05) is 67.5 Å². The molecule has 0 bridgehead atoms. The van der Waals surface area contributed by atoms with E-state index in [-0.39, 0.29) is 10.9 Å². The molecule has 33 heavy (non-hydrogen) atoms. The van der Waals surface area contributed by atoms with Crippen molar-refractivity contribution in [3.8, 4) is 0 Å². The molecule has 8 nitrogen and oxygen atoms in total. The Morgan fingerprint density at radius 3 is 2.67 bits per heavy atom. The molecule has 1 atom stereocenters. The number of amidine groups is 1. The van der Waals surface area contributed by atoms with Gasteiger partial charge in [0.1, 0.15) is 11.9 Å². The third-order valence-corrected chi connectivity index (χ3v) is 6.73. The number of nitrogens with one attached hydrogen (secondary N) is 1. The van der Waals surface area contributed by atoms with E-state index in [4.69, 9.17) is 21.3 Å². The number of hydrogen-bond acceptors (Lipinski definition) is 8. The van der Waals surface area contributed by atoms with E-state index in [0.717, 1.165) is 0 Å². The van der Waals surface area contributed by atoms with Crippen LogP contribution < -0.4 is 5.32 Å². The molecule has 4 rings (SSSR count). The Kier molecular flexibility index (Phi) is 7.06. The summed E-state index contributed by atoms with van der Waals surface area (Å²) in [6.07, 6.45) is 1.67. The minimum Gasteiger partial charge on any atom is -0.466 e. The maximum absolute atomic E-state index is 13.7. The molecule has 11 heteroatoms. The van der Waals surface area contributed by atoms with E-state index >= 15 is 0 Å². The molecule has 174 valence electrons. The van der Waals surface area contributed by atoms with Crippen LogP contribution in [-0.2, 0) is 14.3 Å². The Morgan fingerprint density at radius 1 is 1.30 bits per heavy atom. The number of hydrogen-bond donors (Lipinski definition) is 1. The van der Waals surface area contributed by atoms with Crippen LogP contribution in [0.2, 0.25) is 5.02 Å². The predicted molar refractivity (Wildman–Crippen MR) is 124 cm³/mol. The summed E-state index contributed by atoms with van der Waals surface area (Å²) < 4.78 is 18.8. The van der Waals surface area contributed by atoms with E-state index in [1.54, 1.807) is 18.0 Å². The van der Waals surface area contributed by atoms with Crippen LogP contribution in [0.1, 0.15) is 23.5 Å². The first kappa shape index (κ1) is 23.3. The number of halogens is 2. The minimum absolute atomic E-state index is 0.0455. The molecular weight excluding hydrogens is 469 g/mol. The number of aliphatic imine (C=N–C) groups is 1. The van der Waals surface area contributed by atoms with Gasteiger partial charge in [0.05, 0.1) is 12.7 Å². The van der Waals surface area contributed by atoms with Crippen LogP contribution in [0.4, 0.5) is 4.39 Å². The highest BCUT2D eigenvalue weighted by Gasteiger charge is 2.34. The summed E-state index contributed by atoms with van der Waals surface area (Å²) in [7, 11) is 1.31. The molecule has 1 amide bonds. The fourth-order valence-corrected chi connectivity index (χ4v) is 4.77. The van der Waals surface area contributed by atoms with E-state index in [2.05, 4.69) is 15.2 Å². The topological polar surface area (TPSA) is 87.1 Å². The molecule has 2 aromatic rings. The van der Waals surface area contributed by atoms with Gasteiger partial charge in [0.25, 0.3) is 0 Å². The summed E-state index contributed by atoms with van der Waals surface area (Å²) in [5, 5.41) is 5.92. The number of amides is 1. The van der Waals surface area contributed by atoms with Crippen molar-refractivity contribution in [2.45, 2.75) is 13.0 Å². The molecular formula is C22H23ClFN5O3S. The summed E-state index contributed by atoms with van der Waals surface area (Å²) in [6.45, 7) is 4.50. The fraction of sp³-hybridized carbons (Fsp3) is 0.364. The van der Waals surface area contributed by atoms with E-state index in [0.29, 0.717) is 60.4 Å². The summed E-state index contributed by atoms with van der Waals surface area (Å²) in [6, 6.07) is 3.23. The Labute approximate surface area is 199 Å². The molecule has 1 N–H and O–H groups in total. The SMILES string of the molecule is COC(=O)C1=C(CN2CCN(C(C)=O)CC2)NC(c2nccs2)=N[C@H]1c1ccc(F)cc1Cl. The number of carbonyl (C=O) groups is 2. The van der Waals surface area contributed by atoms with E-state index in [1.165, 1.54) is 36.6 Å². The number of benzene rings is 1. The number of methoxy groups -OCH3 is 1. The molecule has 0 radical (unpaired) electrons. The third kappa shape index (κ3) is 5.07. The summed E-state index contributed by atoms with van der Waals surface area (Å²) in [5.41, 5.74) is 1.41. The summed E-state index contributed by atoms with van der Waals surface area (Å²) >= 11 is 7.78. The van der Waals surface area contributed by atoms with Crippen molar-refractivity contribution >= 4 is 40.6 Å². The summed E-state index contributed by atoms with van der Waals surface area (Å²) in [4.78, 5) is 37.6. The average Bonchev–Trinajstić information content (AvgIpc) is 3.33. The van der Waals surface area contributed by atoms with Crippen LogP contribution >= 0.6 is 22.9 Å². The van der Waals surface area contributed by atoms with Crippen molar-refractivity contribution in [3.05, 3.63) is 62.5 Å². The van der Waals surface area contributed by atoms with Crippen molar-refractivity contribution in [2.75, 3.05) is 39.8 Å². The first-order valence-electron chi connectivity index (χ1n) is 10.4. The van der Waals surface area contributed by atoms with Crippen LogP contribution in [0, 0.1) is 5.82 Å². The smallest absolute Gasteiger partial charge is 0.338 e. The lowest BCUT2D eigenvalue weighted by Gasteiger charge is -2.36. The molecule has 2 aliphatic rings. The number of thiazole rings is 1. The molecule has 3 heterocycles. The van der Waals surface area contributed by atoms with Crippen molar-refractivity contribution in [2.24, 2.45) is 4.99 Å². The lowest BCUT2D eigenvalue weighted by molar-refractivity contribution is -0.136. The Hall–Kier alpha value is -2.82. The van der Waals surface area contributed by atoms with E-state index in [1.807, 2.05) is 5.38 Å². The Bertz CT molecular complexity index is 1110. The second-order valence-electron chi connectivity index (χ2n) is 7.67. The van der Waals surface area contributed by atoms with Gasteiger partial charge in [-0.25, -0.2) is 14.2 Å². The van der Waals surface area contributed by atoms with Crippen molar-refractivity contribution in [3.63, 3.8) is 0 Å². The molecule has 1 aromatic heterocycles. The molecule has 0 saturated carbocycles. The van der Waals surface area contributed by atoms with Crippen LogP contribution in [0.15, 0.2) is 46.0 Å². The molecule has 1 fully saturated rings. The number of nitrogens with zero attached hydrogens (tertiary/aromatic N) is 4. The minimum atomic E-state index is -0.792. The zero-order valence-electron chi connectivity index (χ0n) is 18.2. The standard InChI is InChI=1S/C22H23ClFN5O3S/c1-13(30)29-8-6-28(7-9-29)12-17-18(22(31)32-2)19(15-4-3-14(24)11-16(15)23)27-20(26-17)21-25-5-10-33-21/h3-5,10-11,19H,6-9,12H2,1-2H3,(H,26,27)/t19-/m0/s1. The number of carbonyl (C=O) groups excluding carboxylic acids is 2. The lowest BCUT2D eigenvalue weighted by atomic mass is 9.95. The molecule has 0 aliphatic carbocycles. The fourth-order valence-electron chi connectivity index (χ4n) is 3.91. The van der Waals surface area contributed by atoms with Gasteiger partial charge >= 0.3 is 5.97 Å². The van der Waals surface area contributed by atoms with Crippen molar-refractivity contribution in [1.82, 2.24) is 20.1 Å². The van der Waals surface area contributed by atoms with E-state index < -0.39 is 17.8 Å². The van der Waals surface area contributed by atoms with Gasteiger partial charge in [0.15, 0.2) is 10.8 Å². The molecule has 1 aromatic carbocycles. The maximum Gasteiger partial charge on any atom is 0.338 e. The Morgan fingerprint density at radius 2 is 2.06 bits per heavy atom. The molecule has 0 unspecified atom stereocenters. The molecule has 2 aliphatic heterocycles. The number of esters is 1. The highest BCUT2D eigenvalue weighted by Crippen LogP contribution is 2.36. The number of ether oxygens (including phenoxy) is 1. The number of aromatic nitrogens is 1. The van der Waals surface area contributed by atoms with Crippen molar-refractivity contribution < 1.29 is 18.7 Å². The molecule has 1 saturated heterocycles. The number of piperazine rings is 1. The molecule has 0 spiro atoms. The van der Waals surface area contributed by atoms with Gasteiger partial charge in [0.2, 0.25) is 5.91 Å². The normalized spacial score (nSPS) is 19.2. The van der Waals surface area contributed by atoms with Crippen LogP contribution in [0.3, 0.4) is 0 Å². The van der Waals surface area contributed by atoms with Crippen LogP contribution in [0.5, 0.6) is 0 Å². The van der Waals surface area contributed by atoms with Gasteiger partial charge in [-0.3, -0.25) is 14.7 Å². The highest BCUT2D eigenvalue weighted by atomic mass is 35.5. The van der Waals surface area contributed by atoms with E-state index in [9.17, 15) is 14.0 Å². The predicted octanol–water partition coefficient (Wildman–Crippen LogP) is 2.62. The van der Waals surface area contributed by atoms with Gasteiger partial charge in [-0.1, -0.05) is 17.7 Å². The monoisotopic (exact) mass is 491 g/mol. The van der Waals surface area contributed by atoms with Crippen LogP contribution in [-0.4, -0.2) is 72.3 Å².